The van der Waals surface area contributed by atoms with E-state index in [4.69, 9.17) is 5.26 Å². The Kier molecular flexibility index (Phi) is 5.11. The number of amides is 1. The van der Waals surface area contributed by atoms with Gasteiger partial charge in [-0.25, -0.2) is 0 Å². The van der Waals surface area contributed by atoms with Crippen LogP contribution in [0.2, 0.25) is 0 Å². The van der Waals surface area contributed by atoms with E-state index in [1.54, 1.807) is 29.2 Å². The van der Waals surface area contributed by atoms with Crippen molar-refractivity contribution in [3.8, 4) is 6.07 Å². The highest BCUT2D eigenvalue weighted by molar-refractivity contribution is 6.06. The minimum absolute atomic E-state index is 0.0632. The molecular formula is C18H18N2O. The molecule has 21 heavy (non-hydrogen) atoms. The Labute approximate surface area is 125 Å². The summed E-state index contributed by atoms with van der Waals surface area (Å²) in [4.78, 5) is 14.5. The monoisotopic (exact) mass is 278 g/mol. The summed E-state index contributed by atoms with van der Waals surface area (Å²) in [6.07, 6.45) is 1.97. The fraction of sp³-hybridized carbons (Fsp3) is 0.222. The fourth-order valence-corrected chi connectivity index (χ4v) is 2.15. The van der Waals surface area contributed by atoms with Crippen LogP contribution in [0.15, 0.2) is 54.6 Å². The number of nitrogens with zero attached hydrogens (tertiary/aromatic N) is 2. The highest BCUT2D eigenvalue weighted by Crippen LogP contribution is 2.18. The van der Waals surface area contributed by atoms with Gasteiger partial charge in [0.05, 0.1) is 11.6 Å². The first kappa shape index (κ1) is 14.8. The molecule has 0 saturated heterocycles. The summed E-state index contributed by atoms with van der Waals surface area (Å²) in [5.41, 5.74) is 1.94. The van der Waals surface area contributed by atoms with Crippen molar-refractivity contribution in [3.05, 3.63) is 65.7 Å². The first-order valence-corrected chi connectivity index (χ1v) is 7.13. The molecule has 0 aromatic heterocycles. The maximum absolute atomic E-state index is 12.7. The minimum Gasteiger partial charge on any atom is -0.308 e. The quantitative estimate of drug-likeness (QED) is 0.829. The number of unbranched alkanes of at least 4 members (excludes halogenated alkanes) is 1. The first-order chi connectivity index (χ1) is 10.3. The third-order valence-electron chi connectivity index (χ3n) is 3.29. The fourth-order valence-electron chi connectivity index (χ4n) is 2.15. The van der Waals surface area contributed by atoms with Gasteiger partial charge in [-0.05, 0) is 36.8 Å². The minimum atomic E-state index is -0.0632. The molecule has 3 nitrogen and oxygen atoms in total. The van der Waals surface area contributed by atoms with Gasteiger partial charge in [0.2, 0.25) is 0 Å². The Bertz CT molecular complexity index is 644. The van der Waals surface area contributed by atoms with Crippen molar-refractivity contribution in [2.75, 3.05) is 11.4 Å². The zero-order valence-electron chi connectivity index (χ0n) is 12.1. The average molecular weight is 278 g/mol. The van der Waals surface area contributed by atoms with Crippen molar-refractivity contribution in [2.24, 2.45) is 0 Å². The Morgan fingerprint density at radius 2 is 1.90 bits per heavy atom. The largest absolute Gasteiger partial charge is 0.308 e. The standard InChI is InChI=1S/C18H18N2O/c1-2-3-12-20(17-10-5-4-6-11-17)18(21)16-9-7-8-15(13-16)14-19/h4-11,13H,2-3,12H2,1H3. The summed E-state index contributed by atoms with van der Waals surface area (Å²) >= 11 is 0. The van der Waals surface area contributed by atoms with Crippen LogP contribution < -0.4 is 4.90 Å². The SMILES string of the molecule is CCCCN(C(=O)c1cccc(C#N)c1)c1ccccc1. The van der Waals surface area contributed by atoms with Crippen LogP contribution in [-0.4, -0.2) is 12.5 Å². The molecule has 2 aromatic rings. The predicted octanol–water partition coefficient (Wildman–Crippen LogP) is 4.01. The molecule has 0 atom stereocenters. The molecule has 0 spiro atoms. The smallest absolute Gasteiger partial charge is 0.258 e. The molecule has 1 amide bonds. The lowest BCUT2D eigenvalue weighted by molar-refractivity contribution is 0.0986. The van der Waals surface area contributed by atoms with E-state index in [0.717, 1.165) is 18.5 Å². The van der Waals surface area contributed by atoms with E-state index in [-0.39, 0.29) is 5.91 Å². The number of hydrogen-bond acceptors (Lipinski definition) is 2. The third kappa shape index (κ3) is 3.70. The van der Waals surface area contributed by atoms with Gasteiger partial charge in [-0.1, -0.05) is 37.6 Å². The van der Waals surface area contributed by atoms with Crippen molar-refractivity contribution >= 4 is 11.6 Å². The van der Waals surface area contributed by atoms with Gasteiger partial charge < -0.3 is 4.90 Å². The van der Waals surface area contributed by atoms with Gasteiger partial charge in [0.1, 0.15) is 0 Å². The molecule has 0 aliphatic carbocycles. The van der Waals surface area contributed by atoms with E-state index in [1.807, 2.05) is 30.3 Å². The molecule has 0 fully saturated rings. The second kappa shape index (κ2) is 7.25. The van der Waals surface area contributed by atoms with Crippen LogP contribution in [0.25, 0.3) is 0 Å². The van der Waals surface area contributed by atoms with E-state index in [1.165, 1.54) is 0 Å². The molecule has 0 N–H and O–H groups in total. The van der Waals surface area contributed by atoms with Gasteiger partial charge in [-0.3, -0.25) is 4.79 Å². The molecule has 0 bridgehead atoms. The van der Waals surface area contributed by atoms with Gasteiger partial charge in [-0.2, -0.15) is 5.26 Å². The number of carbonyl (C=O) groups excluding carboxylic acids is 1. The van der Waals surface area contributed by atoms with Gasteiger partial charge in [0.25, 0.3) is 5.91 Å². The number of para-hydroxylation sites is 1. The Balaban J connectivity index is 2.32. The highest BCUT2D eigenvalue weighted by atomic mass is 16.2. The summed E-state index contributed by atoms with van der Waals surface area (Å²) < 4.78 is 0. The lowest BCUT2D eigenvalue weighted by Gasteiger charge is -2.23. The van der Waals surface area contributed by atoms with Crippen LogP contribution in [0.4, 0.5) is 5.69 Å². The Morgan fingerprint density at radius 3 is 2.57 bits per heavy atom. The lowest BCUT2D eigenvalue weighted by atomic mass is 10.1. The van der Waals surface area contributed by atoms with Crippen molar-refractivity contribution in [3.63, 3.8) is 0 Å². The van der Waals surface area contributed by atoms with Crippen molar-refractivity contribution in [1.29, 1.82) is 5.26 Å². The van der Waals surface area contributed by atoms with Gasteiger partial charge >= 0.3 is 0 Å². The topological polar surface area (TPSA) is 44.1 Å². The molecule has 2 rings (SSSR count). The van der Waals surface area contributed by atoms with Crippen LogP contribution in [0.5, 0.6) is 0 Å². The van der Waals surface area contributed by atoms with Crippen molar-refractivity contribution in [2.45, 2.75) is 19.8 Å². The van der Waals surface area contributed by atoms with E-state index < -0.39 is 0 Å². The number of nitriles is 1. The Morgan fingerprint density at radius 1 is 1.14 bits per heavy atom. The molecule has 106 valence electrons. The zero-order valence-corrected chi connectivity index (χ0v) is 12.1. The average Bonchev–Trinajstić information content (AvgIpc) is 2.56. The third-order valence-corrected chi connectivity index (χ3v) is 3.29. The predicted molar refractivity (Wildman–Crippen MR) is 84.2 cm³/mol. The second-order valence-corrected chi connectivity index (χ2v) is 4.84. The second-order valence-electron chi connectivity index (χ2n) is 4.84. The summed E-state index contributed by atoms with van der Waals surface area (Å²) in [7, 11) is 0. The maximum atomic E-state index is 12.7. The highest BCUT2D eigenvalue weighted by Gasteiger charge is 2.17. The summed E-state index contributed by atoms with van der Waals surface area (Å²) in [6, 6.07) is 18.6. The molecule has 3 heteroatoms. The van der Waals surface area contributed by atoms with E-state index in [2.05, 4.69) is 13.0 Å². The van der Waals surface area contributed by atoms with Crippen LogP contribution in [0.1, 0.15) is 35.7 Å². The van der Waals surface area contributed by atoms with Crippen LogP contribution in [0, 0.1) is 11.3 Å². The normalized spacial score (nSPS) is 9.90. The number of hydrogen-bond donors (Lipinski definition) is 0. The zero-order chi connectivity index (χ0) is 15.1. The maximum Gasteiger partial charge on any atom is 0.258 e. The molecule has 0 heterocycles. The molecule has 0 aliphatic heterocycles. The van der Waals surface area contributed by atoms with E-state index >= 15 is 0 Å². The molecular weight excluding hydrogens is 260 g/mol. The van der Waals surface area contributed by atoms with Gasteiger partial charge in [0.15, 0.2) is 0 Å². The van der Waals surface area contributed by atoms with Gasteiger partial charge in [0, 0.05) is 17.8 Å². The number of rotatable bonds is 5. The summed E-state index contributed by atoms with van der Waals surface area (Å²) in [6.45, 7) is 2.78. The number of benzene rings is 2. The molecule has 0 aliphatic rings. The molecule has 2 aromatic carbocycles. The van der Waals surface area contributed by atoms with Gasteiger partial charge in [-0.15, -0.1) is 0 Å². The molecule has 0 saturated carbocycles. The van der Waals surface area contributed by atoms with Crippen molar-refractivity contribution in [1.82, 2.24) is 0 Å². The van der Waals surface area contributed by atoms with Crippen LogP contribution in [0.3, 0.4) is 0 Å². The number of carbonyl (C=O) groups is 1. The van der Waals surface area contributed by atoms with Crippen LogP contribution in [-0.2, 0) is 0 Å². The van der Waals surface area contributed by atoms with Crippen LogP contribution >= 0.6 is 0 Å². The first-order valence-electron chi connectivity index (χ1n) is 7.13. The van der Waals surface area contributed by atoms with E-state index in [0.29, 0.717) is 17.7 Å². The number of anilines is 1. The van der Waals surface area contributed by atoms with Crippen molar-refractivity contribution < 1.29 is 4.79 Å². The molecule has 0 unspecified atom stereocenters. The lowest BCUT2D eigenvalue weighted by Crippen LogP contribution is -2.31. The summed E-state index contributed by atoms with van der Waals surface area (Å²) in [5, 5.41) is 8.97. The molecule has 0 radical (unpaired) electrons. The van der Waals surface area contributed by atoms with E-state index in [9.17, 15) is 4.79 Å². The summed E-state index contributed by atoms with van der Waals surface area (Å²) in [5.74, 6) is -0.0632. The Hall–Kier alpha value is -2.60.